The summed E-state index contributed by atoms with van der Waals surface area (Å²) in [5.74, 6) is -0.709. The van der Waals surface area contributed by atoms with Crippen LogP contribution < -0.4 is 9.64 Å². The lowest BCUT2D eigenvalue weighted by Gasteiger charge is -2.29. The molecule has 0 spiro atoms. The Bertz CT molecular complexity index is 1100. The molecular weight excluding hydrogens is 448 g/mol. The fourth-order valence-corrected chi connectivity index (χ4v) is 4.67. The molecule has 33 heavy (non-hydrogen) atoms. The fraction of sp³-hybridized carbons (Fsp3) is 0.417. The van der Waals surface area contributed by atoms with Gasteiger partial charge in [0.05, 0.1) is 17.9 Å². The highest BCUT2D eigenvalue weighted by atomic mass is 32.1. The van der Waals surface area contributed by atoms with Crippen molar-refractivity contribution in [2.45, 2.75) is 19.8 Å². The van der Waals surface area contributed by atoms with E-state index in [0.717, 1.165) is 30.5 Å². The van der Waals surface area contributed by atoms with Crippen LogP contribution >= 0.6 is 11.3 Å². The van der Waals surface area contributed by atoms with E-state index in [4.69, 9.17) is 9.47 Å². The third-order valence-electron chi connectivity index (χ3n) is 5.59. The summed E-state index contributed by atoms with van der Waals surface area (Å²) < 4.78 is 39.4. The molecule has 0 bridgehead atoms. The van der Waals surface area contributed by atoms with E-state index < -0.39 is 11.6 Å². The Balaban J connectivity index is 1.51. The zero-order valence-corrected chi connectivity index (χ0v) is 19.5. The summed E-state index contributed by atoms with van der Waals surface area (Å²) >= 11 is 1.09. The van der Waals surface area contributed by atoms with Gasteiger partial charge >= 0.3 is 0 Å². The molecule has 0 radical (unpaired) electrons. The Morgan fingerprint density at radius 3 is 2.64 bits per heavy atom. The first kappa shape index (κ1) is 23.5. The topological polar surface area (TPSA) is 54.9 Å². The predicted molar refractivity (Wildman–Crippen MR) is 125 cm³/mol. The van der Waals surface area contributed by atoms with E-state index in [0.29, 0.717) is 47.8 Å². The standard InChI is InChI=1S/C24H27F2N3O3S/c1-16(2)17-3-5-19(6-4-17)32-15-22(30)29(8-7-28-9-11-31-12-10-28)24-27-23-20(26)13-18(25)14-21(23)33-24/h3-6,13-14,16H,7-12,15H2,1-2H3. The molecule has 3 aromatic rings. The number of carbonyl (C=O) groups excluding carboxylic acids is 1. The lowest BCUT2D eigenvalue weighted by atomic mass is 10.0. The monoisotopic (exact) mass is 475 g/mol. The van der Waals surface area contributed by atoms with Crippen molar-refractivity contribution in [3.63, 3.8) is 0 Å². The van der Waals surface area contributed by atoms with Crippen LogP contribution in [0.4, 0.5) is 13.9 Å². The minimum atomic E-state index is -0.741. The molecule has 0 atom stereocenters. The van der Waals surface area contributed by atoms with Gasteiger partial charge in [0.2, 0.25) is 0 Å². The number of hydrogen-bond acceptors (Lipinski definition) is 6. The Morgan fingerprint density at radius 2 is 1.94 bits per heavy atom. The van der Waals surface area contributed by atoms with Crippen molar-refractivity contribution in [3.8, 4) is 5.75 Å². The van der Waals surface area contributed by atoms with E-state index in [1.165, 1.54) is 16.5 Å². The lowest BCUT2D eigenvalue weighted by molar-refractivity contribution is -0.120. The summed E-state index contributed by atoms with van der Waals surface area (Å²) in [7, 11) is 0. The maximum atomic E-state index is 14.2. The number of fused-ring (bicyclic) bond motifs is 1. The Labute approximate surface area is 195 Å². The first-order valence-electron chi connectivity index (χ1n) is 11.0. The van der Waals surface area contributed by atoms with Crippen LogP contribution in [0, 0.1) is 11.6 Å². The molecule has 1 aliphatic rings. The number of benzene rings is 2. The number of halogens is 2. The Kier molecular flexibility index (Phi) is 7.52. The van der Waals surface area contributed by atoms with E-state index in [1.807, 2.05) is 24.3 Å². The smallest absolute Gasteiger partial charge is 0.266 e. The Morgan fingerprint density at radius 1 is 1.21 bits per heavy atom. The number of amides is 1. The van der Waals surface area contributed by atoms with Crippen molar-refractivity contribution >= 4 is 32.6 Å². The quantitative estimate of drug-likeness (QED) is 0.482. The average Bonchev–Trinajstić information content (AvgIpc) is 3.23. The van der Waals surface area contributed by atoms with Gasteiger partial charge in [-0.1, -0.05) is 37.3 Å². The number of morpholine rings is 1. The molecule has 1 fully saturated rings. The first-order valence-corrected chi connectivity index (χ1v) is 11.8. The molecule has 1 amide bonds. The SMILES string of the molecule is CC(C)c1ccc(OCC(=O)N(CCN2CCOCC2)c2nc3c(F)cc(F)cc3s2)cc1. The number of carbonyl (C=O) groups is 1. The van der Waals surface area contributed by atoms with Crippen LogP contribution in [0.5, 0.6) is 5.75 Å². The van der Waals surface area contributed by atoms with E-state index >= 15 is 0 Å². The van der Waals surface area contributed by atoms with Gasteiger partial charge in [0.25, 0.3) is 5.91 Å². The van der Waals surface area contributed by atoms with E-state index in [-0.39, 0.29) is 18.0 Å². The van der Waals surface area contributed by atoms with Gasteiger partial charge in [-0.25, -0.2) is 13.8 Å². The molecule has 0 unspecified atom stereocenters. The molecule has 2 aromatic carbocycles. The van der Waals surface area contributed by atoms with Crippen LogP contribution in [0.3, 0.4) is 0 Å². The van der Waals surface area contributed by atoms with Gasteiger partial charge in [-0.2, -0.15) is 0 Å². The summed E-state index contributed by atoms with van der Waals surface area (Å²) in [6.07, 6.45) is 0. The van der Waals surface area contributed by atoms with Crippen LogP contribution in [0.15, 0.2) is 36.4 Å². The maximum Gasteiger partial charge on any atom is 0.266 e. The minimum Gasteiger partial charge on any atom is -0.484 e. The summed E-state index contributed by atoms with van der Waals surface area (Å²) in [5, 5.41) is 0.325. The molecule has 0 saturated carbocycles. The third-order valence-corrected chi connectivity index (χ3v) is 6.61. The molecule has 1 aliphatic heterocycles. The highest BCUT2D eigenvalue weighted by molar-refractivity contribution is 7.22. The highest BCUT2D eigenvalue weighted by Crippen LogP contribution is 2.31. The van der Waals surface area contributed by atoms with Crippen molar-refractivity contribution in [2.75, 3.05) is 50.9 Å². The van der Waals surface area contributed by atoms with Gasteiger partial charge in [0.1, 0.15) is 17.1 Å². The highest BCUT2D eigenvalue weighted by Gasteiger charge is 2.23. The molecular formula is C24H27F2N3O3S. The van der Waals surface area contributed by atoms with Crippen LogP contribution in [0.1, 0.15) is 25.3 Å². The fourth-order valence-electron chi connectivity index (χ4n) is 3.63. The number of ether oxygens (including phenoxy) is 2. The van der Waals surface area contributed by atoms with Crippen molar-refractivity contribution in [1.82, 2.24) is 9.88 Å². The second kappa shape index (κ2) is 10.5. The zero-order valence-electron chi connectivity index (χ0n) is 18.7. The van der Waals surface area contributed by atoms with E-state index in [2.05, 4.69) is 23.7 Å². The molecule has 1 saturated heterocycles. The van der Waals surface area contributed by atoms with Gasteiger partial charge in [-0.05, 0) is 29.7 Å². The number of rotatable bonds is 8. The van der Waals surface area contributed by atoms with Crippen LogP contribution in [0.2, 0.25) is 0 Å². The molecule has 1 aromatic heterocycles. The minimum absolute atomic E-state index is 0.0609. The van der Waals surface area contributed by atoms with Crippen LogP contribution in [0.25, 0.3) is 10.2 Å². The van der Waals surface area contributed by atoms with Crippen LogP contribution in [-0.4, -0.2) is 61.8 Å². The van der Waals surface area contributed by atoms with Crippen LogP contribution in [-0.2, 0) is 9.53 Å². The van der Waals surface area contributed by atoms with E-state index in [9.17, 15) is 13.6 Å². The number of nitrogens with zero attached hydrogens (tertiary/aromatic N) is 3. The molecule has 9 heteroatoms. The van der Waals surface area contributed by atoms with Gasteiger partial charge in [0, 0.05) is 32.2 Å². The maximum absolute atomic E-state index is 14.2. The molecule has 176 valence electrons. The lowest BCUT2D eigenvalue weighted by Crippen LogP contribution is -2.44. The molecule has 4 rings (SSSR count). The van der Waals surface area contributed by atoms with Gasteiger partial charge in [0.15, 0.2) is 17.6 Å². The van der Waals surface area contributed by atoms with Crippen molar-refractivity contribution in [2.24, 2.45) is 0 Å². The van der Waals surface area contributed by atoms with E-state index in [1.54, 1.807) is 0 Å². The summed E-state index contributed by atoms with van der Waals surface area (Å²) in [6.45, 7) is 7.86. The number of anilines is 1. The third kappa shape index (κ3) is 5.85. The molecule has 6 nitrogen and oxygen atoms in total. The molecule has 0 N–H and O–H groups in total. The number of hydrogen-bond donors (Lipinski definition) is 0. The van der Waals surface area contributed by atoms with Crippen molar-refractivity contribution in [1.29, 1.82) is 0 Å². The largest absolute Gasteiger partial charge is 0.484 e. The summed E-state index contributed by atoms with van der Waals surface area (Å²) in [5.41, 5.74) is 1.25. The second-order valence-corrected chi connectivity index (χ2v) is 9.25. The first-order chi connectivity index (χ1) is 15.9. The van der Waals surface area contributed by atoms with Gasteiger partial charge < -0.3 is 9.47 Å². The van der Waals surface area contributed by atoms with Gasteiger partial charge in [-0.15, -0.1) is 0 Å². The summed E-state index contributed by atoms with van der Waals surface area (Å²) in [6, 6.07) is 9.68. The van der Waals surface area contributed by atoms with Crippen molar-refractivity contribution < 1.29 is 23.0 Å². The normalized spacial score (nSPS) is 14.7. The molecule has 2 heterocycles. The van der Waals surface area contributed by atoms with Gasteiger partial charge in [-0.3, -0.25) is 14.6 Å². The second-order valence-electron chi connectivity index (χ2n) is 8.24. The molecule has 0 aliphatic carbocycles. The zero-order chi connectivity index (χ0) is 23.4. The predicted octanol–water partition coefficient (Wildman–Crippen LogP) is 4.44. The number of thiazole rings is 1. The Hall–Kier alpha value is -2.62. The number of aromatic nitrogens is 1. The average molecular weight is 476 g/mol. The summed E-state index contributed by atoms with van der Waals surface area (Å²) in [4.78, 5) is 21.2. The van der Waals surface area contributed by atoms with Crippen molar-refractivity contribution in [3.05, 3.63) is 53.6 Å².